The Kier molecular flexibility index (Phi) is 10.9. The fourth-order valence-corrected chi connectivity index (χ4v) is 5.00. The number of hydrogen-bond acceptors (Lipinski definition) is 6. The maximum absolute atomic E-state index is 13.7. The molecule has 12 nitrogen and oxygen atoms in total. The van der Waals surface area contributed by atoms with E-state index in [1.54, 1.807) is 24.3 Å². The topological polar surface area (TPSA) is 195 Å². The van der Waals surface area contributed by atoms with E-state index < -0.39 is 47.9 Å². The average molecular weight is 602 g/mol. The summed E-state index contributed by atoms with van der Waals surface area (Å²) in [5.41, 5.74) is 9.40. The number of nitrogens with two attached hydrogens (primary N) is 1. The number of H-pyrrole nitrogens is 2. The van der Waals surface area contributed by atoms with E-state index >= 15 is 0 Å². The molecule has 12 heteroatoms. The second-order valence-electron chi connectivity index (χ2n) is 11.0. The molecule has 8 N–H and O–H groups in total. The molecule has 0 bridgehead atoms. The molecule has 0 radical (unpaired) electrons. The molecular formula is C32H39N7O5. The summed E-state index contributed by atoms with van der Waals surface area (Å²) in [7, 11) is 0. The molecule has 3 amide bonds. The number of imidazole rings is 1. The summed E-state index contributed by atoms with van der Waals surface area (Å²) < 4.78 is 0. The van der Waals surface area contributed by atoms with Crippen molar-refractivity contribution in [2.24, 2.45) is 11.7 Å². The Morgan fingerprint density at radius 2 is 1.57 bits per heavy atom. The van der Waals surface area contributed by atoms with Crippen molar-refractivity contribution in [3.8, 4) is 0 Å². The van der Waals surface area contributed by atoms with Crippen LogP contribution >= 0.6 is 0 Å². The Bertz CT molecular complexity index is 1550. The van der Waals surface area contributed by atoms with Gasteiger partial charge in [0.15, 0.2) is 0 Å². The second kappa shape index (κ2) is 15.0. The van der Waals surface area contributed by atoms with Gasteiger partial charge in [0.25, 0.3) is 0 Å². The Labute approximate surface area is 255 Å². The van der Waals surface area contributed by atoms with Gasteiger partial charge in [-0.05, 0) is 29.5 Å². The van der Waals surface area contributed by atoms with Gasteiger partial charge in [-0.25, -0.2) is 9.78 Å². The molecule has 0 aliphatic carbocycles. The molecule has 0 fully saturated rings. The van der Waals surface area contributed by atoms with E-state index in [1.165, 1.54) is 12.5 Å². The van der Waals surface area contributed by atoms with Crippen molar-refractivity contribution >= 4 is 34.6 Å². The van der Waals surface area contributed by atoms with Gasteiger partial charge in [0.05, 0.1) is 12.4 Å². The zero-order valence-corrected chi connectivity index (χ0v) is 24.7. The van der Waals surface area contributed by atoms with Crippen molar-refractivity contribution in [2.75, 3.05) is 0 Å². The summed E-state index contributed by atoms with van der Waals surface area (Å²) in [5.74, 6) is -3.26. The Hall–Kier alpha value is -4.97. The van der Waals surface area contributed by atoms with Crippen LogP contribution in [0.5, 0.6) is 0 Å². The minimum Gasteiger partial charge on any atom is -0.480 e. The zero-order chi connectivity index (χ0) is 31.6. The van der Waals surface area contributed by atoms with E-state index in [0.717, 1.165) is 22.0 Å². The maximum Gasteiger partial charge on any atom is 0.326 e. The normalized spacial score (nSPS) is 14.6. The molecule has 0 spiro atoms. The van der Waals surface area contributed by atoms with Crippen LogP contribution in [0.3, 0.4) is 0 Å². The highest BCUT2D eigenvalue weighted by Gasteiger charge is 2.33. The number of aliphatic carboxylic acids is 1. The lowest BCUT2D eigenvalue weighted by Gasteiger charge is -2.28. The SMILES string of the molecule is CCC(C)C(NC(=O)C(N)Cc1c[nH]c2ccccc12)C(=O)NC(Cc1cnc[nH]1)C(=O)NC(Cc1ccccc1)C(=O)O. The lowest BCUT2D eigenvalue weighted by atomic mass is 9.96. The van der Waals surface area contributed by atoms with Crippen molar-refractivity contribution < 1.29 is 24.3 Å². The van der Waals surface area contributed by atoms with Crippen LogP contribution in [-0.4, -0.2) is 67.9 Å². The van der Waals surface area contributed by atoms with Crippen molar-refractivity contribution in [1.82, 2.24) is 30.9 Å². The number of fused-ring (bicyclic) bond motifs is 1. The number of hydrogen-bond donors (Lipinski definition) is 7. The van der Waals surface area contributed by atoms with Crippen molar-refractivity contribution in [1.29, 1.82) is 0 Å². The number of carboxylic acids is 1. The standard InChI is InChI=1S/C32H39N7O5/c1-3-19(2)28(39-29(40)24(33)14-21-16-35-25-12-8-7-11-23(21)25)31(42)37-26(15-22-17-34-18-36-22)30(41)38-27(32(43)44)13-20-9-5-4-6-10-20/h4-12,16-19,24,26-28,35H,3,13-15,33H2,1-2H3,(H,34,36)(H,37,42)(H,38,41)(H,39,40)(H,43,44). The number of carboxylic acid groups (broad SMARTS) is 1. The Morgan fingerprint density at radius 1 is 0.864 bits per heavy atom. The van der Waals surface area contributed by atoms with E-state index in [9.17, 15) is 24.3 Å². The van der Waals surface area contributed by atoms with E-state index in [0.29, 0.717) is 12.1 Å². The lowest BCUT2D eigenvalue weighted by molar-refractivity contribution is -0.142. The number of para-hydroxylation sites is 1. The third-order valence-electron chi connectivity index (χ3n) is 7.75. The van der Waals surface area contributed by atoms with Crippen molar-refractivity contribution in [3.05, 3.63) is 90.1 Å². The van der Waals surface area contributed by atoms with Crippen LogP contribution < -0.4 is 21.7 Å². The van der Waals surface area contributed by atoms with Gasteiger partial charge in [-0.1, -0.05) is 68.8 Å². The molecule has 5 unspecified atom stereocenters. The van der Waals surface area contributed by atoms with Gasteiger partial charge in [-0.2, -0.15) is 0 Å². The molecule has 0 aliphatic rings. The Morgan fingerprint density at radius 3 is 2.25 bits per heavy atom. The first-order chi connectivity index (χ1) is 21.2. The van der Waals surface area contributed by atoms with Crippen LogP contribution in [0.15, 0.2) is 73.3 Å². The first kappa shape index (κ1) is 32.0. The number of carbonyl (C=O) groups is 4. The summed E-state index contributed by atoms with van der Waals surface area (Å²) in [6.07, 6.45) is 5.68. The molecule has 2 aromatic carbocycles. The van der Waals surface area contributed by atoms with E-state index in [2.05, 4.69) is 30.9 Å². The first-order valence-corrected chi connectivity index (χ1v) is 14.6. The van der Waals surface area contributed by atoms with Crippen molar-refractivity contribution in [3.63, 3.8) is 0 Å². The number of aromatic nitrogens is 3. The van der Waals surface area contributed by atoms with Gasteiger partial charge in [0.1, 0.15) is 18.1 Å². The van der Waals surface area contributed by atoms with Crippen LogP contribution in [-0.2, 0) is 38.4 Å². The van der Waals surface area contributed by atoms with Crippen LogP contribution in [0, 0.1) is 5.92 Å². The number of carbonyl (C=O) groups excluding carboxylic acids is 3. The summed E-state index contributed by atoms with van der Waals surface area (Å²) in [4.78, 5) is 62.4. The predicted octanol–water partition coefficient (Wildman–Crippen LogP) is 1.83. The number of benzene rings is 2. The minimum atomic E-state index is -1.22. The van der Waals surface area contributed by atoms with Gasteiger partial charge >= 0.3 is 5.97 Å². The molecule has 4 aromatic rings. The average Bonchev–Trinajstić information content (AvgIpc) is 3.69. The number of amides is 3. The van der Waals surface area contributed by atoms with Crippen LogP contribution in [0.25, 0.3) is 10.9 Å². The second-order valence-corrected chi connectivity index (χ2v) is 11.0. The molecule has 0 saturated heterocycles. The fraction of sp³-hybridized carbons (Fsp3) is 0.344. The minimum absolute atomic E-state index is 0.0243. The fourth-order valence-electron chi connectivity index (χ4n) is 5.00. The summed E-state index contributed by atoms with van der Waals surface area (Å²) in [6, 6.07) is 12.3. The number of rotatable bonds is 15. The molecule has 232 valence electrons. The highest BCUT2D eigenvalue weighted by molar-refractivity contribution is 5.94. The van der Waals surface area contributed by atoms with Crippen LogP contribution in [0.4, 0.5) is 0 Å². The highest BCUT2D eigenvalue weighted by Crippen LogP contribution is 2.19. The first-order valence-electron chi connectivity index (χ1n) is 14.6. The maximum atomic E-state index is 13.7. The van der Waals surface area contributed by atoms with Crippen LogP contribution in [0.2, 0.25) is 0 Å². The Balaban J connectivity index is 1.47. The molecule has 0 saturated carbocycles. The zero-order valence-electron chi connectivity index (χ0n) is 24.7. The molecule has 44 heavy (non-hydrogen) atoms. The quantitative estimate of drug-likeness (QED) is 0.108. The van der Waals surface area contributed by atoms with E-state index in [1.807, 2.05) is 50.4 Å². The van der Waals surface area contributed by atoms with Crippen molar-refractivity contribution in [2.45, 2.75) is 63.7 Å². The number of nitrogens with zero attached hydrogens (tertiary/aromatic N) is 1. The summed E-state index contributed by atoms with van der Waals surface area (Å²) in [6.45, 7) is 3.71. The molecule has 4 rings (SSSR count). The molecule has 5 atom stereocenters. The third kappa shape index (κ3) is 8.32. The van der Waals surface area contributed by atoms with E-state index in [4.69, 9.17) is 5.73 Å². The summed E-state index contributed by atoms with van der Waals surface area (Å²) in [5, 5.41) is 18.9. The predicted molar refractivity (Wildman–Crippen MR) is 165 cm³/mol. The molecule has 2 aromatic heterocycles. The lowest BCUT2D eigenvalue weighted by Crippen LogP contribution is -2.59. The molecule has 2 heterocycles. The highest BCUT2D eigenvalue weighted by atomic mass is 16.4. The third-order valence-corrected chi connectivity index (χ3v) is 7.75. The number of aromatic amines is 2. The van der Waals surface area contributed by atoms with Gasteiger partial charge in [-0.3, -0.25) is 14.4 Å². The van der Waals surface area contributed by atoms with Gasteiger partial charge < -0.3 is 36.8 Å². The van der Waals surface area contributed by atoms with Gasteiger partial charge in [0, 0.05) is 41.8 Å². The van der Waals surface area contributed by atoms with E-state index in [-0.39, 0.29) is 25.2 Å². The van der Waals surface area contributed by atoms with Gasteiger partial charge in [-0.15, -0.1) is 0 Å². The monoisotopic (exact) mass is 601 g/mol. The van der Waals surface area contributed by atoms with Gasteiger partial charge in [0.2, 0.25) is 17.7 Å². The smallest absolute Gasteiger partial charge is 0.326 e. The van der Waals surface area contributed by atoms with Crippen LogP contribution in [0.1, 0.15) is 37.1 Å². The molecule has 0 aliphatic heterocycles. The molecular weight excluding hydrogens is 562 g/mol. The summed E-state index contributed by atoms with van der Waals surface area (Å²) >= 11 is 0. The largest absolute Gasteiger partial charge is 0.480 e. The number of nitrogens with one attached hydrogen (secondary N) is 5.